The van der Waals surface area contributed by atoms with Crippen LogP contribution in [0.4, 0.5) is 0 Å². The molecule has 0 unspecified atom stereocenters. The van der Waals surface area contributed by atoms with Gasteiger partial charge in [0.1, 0.15) is 12.4 Å². The standard InChI is InChI=1S/C21H39N3O/c1-6-23(7-2)15-14-22-19(5)18-20-10-12-21(13-11-20)25-17-16-24(8-3)9-4/h10-13,19,22H,6-9,14-18H2,1-5H3/t19-/m1/s1. The first-order valence-corrected chi connectivity index (χ1v) is 10.0. The maximum absolute atomic E-state index is 5.85. The second kappa shape index (κ2) is 13.2. The minimum absolute atomic E-state index is 0.491. The van der Waals surface area contributed by atoms with Crippen LogP contribution >= 0.6 is 0 Å². The molecule has 0 aromatic heterocycles. The molecule has 0 aliphatic carbocycles. The summed E-state index contributed by atoms with van der Waals surface area (Å²) in [5, 5.41) is 3.63. The van der Waals surface area contributed by atoms with E-state index in [4.69, 9.17) is 4.74 Å². The van der Waals surface area contributed by atoms with E-state index in [2.05, 4.69) is 74.0 Å². The Hall–Kier alpha value is -1.10. The van der Waals surface area contributed by atoms with Crippen molar-refractivity contribution in [3.05, 3.63) is 29.8 Å². The molecule has 0 spiro atoms. The third kappa shape index (κ3) is 9.24. The van der Waals surface area contributed by atoms with Crippen LogP contribution in [0, 0.1) is 0 Å². The van der Waals surface area contributed by atoms with Crippen molar-refractivity contribution < 1.29 is 4.74 Å². The number of rotatable bonds is 14. The number of hydrogen-bond donors (Lipinski definition) is 1. The van der Waals surface area contributed by atoms with Crippen molar-refractivity contribution in [2.75, 3.05) is 52.4 Å². The molecule has 1 atom stereocenters. The van der Waals surface area contributed by atoms with Gasteiger partial charge < -0.3 is 19.9 Å². The number of ether oxygens (including phenoxy) is 1. The number of likely N-dealkylation sites (N-methyl/N-ethyl adjacent to an activating group) is 2. The smallest absolute Gasteiger partial charge is 0.119 e. The topological polar surface area (TPSA) is 27.7 Å². The van der Waals surface area contributed by atoms with Gasteiger partial charge in [0, 0.05) is 25.7 Å². The highest BCUT2D eigenvalue weighted by atomic mass is 16.5. The largest absolute Gasteiger partial charge is 0.492 e. The van der Waals surface area contributed by atoms with Crippen molar-refractivity contribution in [3.8, 4) is 5.75 Å². The minimum Gasteiger partial charge on any atom is -0.492 e. The molecule has 25 heavy (non-hydrogen) atoms. The molecular formula is C21H39N3O. The first-order valence-electron chi connectivity index (χ1n) is 10.0. The molecule has 0 aliphatic heterocycles. The first kappa shape index (κ1) is 21.9. The van der Waals surface area contributed by atoms with Crippen LogP contribution in [0.3, 0.4) is 0 Å². The van der Waals surface area contributed by atoms with Gasteiger partial charge in [0.2, 0.25) is 0 Å². The molecule has 0 radical (unpaired) electrons. The summed E-state index contributed by atoms with van der Waals surface area (Å²) in [5.41, 5.74) is 1.36. The molecule has 0 heterocycles. The van der Waals surface area contributed by atoms with E-state index in [-0.39, 0.29) is 0 Å². The fraction of sp³-hybridized carbons (Fsp3) is 0.714. The molecule has 1 N–H and O–H groups in total. The van der Waals surface area contributed by atoms with Crippen LogP contribution in [0.25, 0.3) is 0 Å². The van der Waals surface area contributed by atoms with Crippen LogP contribution in [0.5, 0.6) is 5.75 Å². The van der Waals surface area contributed by atoms with Gasteiger partial charge in [-0.25, -0.2) is 0 Å². The van der Waals surface area contributed by atoms with Crippen molar-refractivity contribution in [2.24, 2.45) is 0 Å². The number of nitrogens with one attached hydrogen (secondary N) is 1. The average Bonchev–Trinajstić information content (AvgIpc) is 2.64. The van der Waals surface area contributed by atoms with Crippen LogP contribution < -0.4 is 10.1 Å². The Morgan fingerprint density at radius 2 is 1.44 bits per heavy atom. The van der Waals surface area contributed by atoms with E-state index in [1.807, 2.05) is 0 Å². The molecule has 0 saturated carbocycles. The fourth-order valence-corrected chi connectivity index (χ4v) is 2.99. The summed E-state index contributed by atoms with van der Waals surface area (Å²) in [6, 6.07) is 9.07. The Balaban J connectivity index is 2.28. The Bertz CT molecular complexity index is 427. The molecule has 0 amide bonds. The Kier molecular flexibility index (Phi) is 11.5. The zero-order chi connectivity index (χ0) is 18.5. The number of benzene rings is 1. The molecule has 0 fully saturated rings. The molecule has 1 aromatic carbocycles. The second-order valence-electron chi connectivity index (χ2n) is 6.61. The van der Waals surface area contributed by atoms with Crippen molar-refractivity contribution in [3.63, 3.8) is 0 Å². The molecule has 1 aromatic rings. The highest BCUT2D eigenvalue weighted by Crippen LogP contribution is 2.13. The van der Waals surface area contributed by atoms with Crippen LogP contribution in [-0.2, 0) is 6.42 Å². The number of hydrogen-bond acceptors (Lipinski definition) is 4. The van der Waals surface area contributed by atoms with Crippen molar-refractivity contribution >= 4 is 0 Å². The molecule has 144 valence electrons. The van der Waals surface area contributed by atoms with E-state index in [0.717, 1.165) is 64.6 Å². The predicted octanol–water partition coefficient (Wildman–Crippen LogP) is 3.27. The summed E-state index contributed by atoms with van der Waals surface area (Å²) in [5.74, 6) is 0.970. The fourth-order valence-electron chi connectivity index (χ4n) is 2.99. The highest BCUT2D eigenvalue weighted by molar-refractivity contribution is 5.27. The summed E-state index contributed by atoms with van der Waals surface area (Å²) in [6.45, 7) is 19.4. The summed E-state index contributed by atoms with van der Waals surface area (Å²) in [4.78, 5) is 4.82. The lowest BCUT2D eigenvalue weighted by Gasteiger charge is -2.20. The second-order valence-corrected chi connectivity index (χ2v) is 6.61. The average molecular weight is 350 g/mol. The lowest BCUT2D eigenvalue weighted by Crippen LogP contribution is -2.36. The molecular weight excluding hydrogens is 310 g/mol. The Labute approximate surface area is 155 Å². The maximum atomic E-state index is 5.85. The quantitative estimate of drug-likeness (QED) is 0.558. The molecule has 4 nitrogen and oxygen atoms in total. The molecule has 4 heteroatoms. The Morgan fingerprint density at radius 3 is 2.00 bits per heavy atom. The van der Waals surface area contributed by atoms with Gasteiger partial charge >= 0.3 is 0 Å². The first-order chi connectivity index (χ1) is 12.1. The molecule has 0 aliphatic rings. The SMILES string of the molecule is CCN(CC)CCN[C@H](C)Cc1ccc(OCCN(CC)CC)cc1. The van der Waals surface area contributed by atoms with E-state index >= 15 is 0 Å². The van der Waals surface area contributed by atoms with Crippen molar-refractivity contribution in [1.82, 2.24) is 15.1 Å². The maximum Gasteiger partial charge on any atom is 0.119 e. The normalized spacial score (nSPS) is 12.8. The van der Waals surface area contributed by atoms with E-state index in [1.54, 1.807) is 0 Å². The monoisotopic (exact) mass is 349 g/mol. The van der Waals surface area contributed by atoms with Gasteiger partial charge in [-0.3, -0.25) is 0 Å². The van der Waals surface area contributed by atoms with E-state index in [0.29, 0.717) is 6.04 Å². The molecule has 0 saturated heterocycles. The summed E-state index contributed by atoms with van der Waals surface area (Å²) >= 11 is 0. The van der Waals surface area contributed by atoms with Gasteiger partial charge in [0.05, 0.1) is 0 Å². The summed E-state index contributed by atoms with van der Waals surface area (Å²) in [6.07, 6.45) is 1.05. The van der Waals surface area contributed by atoms with Crippen LogP contribution in [-0.4, -0.2) is 68.3 Å². The van der Waals surface area contributed by atoms with Gasteiger partial charge in [-0.15, -0.1) is 0 Å². The van der Waals surface area contributed by atoms with Gasteiger partial charge in [-0.1, -0.05) is 39.8 Å². The molecule has 0 bridgehead atoms. The zero-order valence-corrected chi connectivity index (χ0v) is 17.1. The minimum atomic E-state index is 0.491. The van der Waals surface area contributed by atoms with Gasteiger partial charge in [-0.2, -0.15) is 0 Å². The van der Waals surface area contributed by atoms with Crippen LogP contribution in [0.2, 0.25) is 0 Å². The van der Waals surface area contributed by atoms with Gasteiger partial charge in [0.15, 0.2) is 0 Å². The number of nitrogens with zero attached hydrogens (tertiary/aromatic N) is 2. The van der Waals surface area contributed by atoms with E-state index in [9.17, 15) is 0 Å². The lowest BCUT2D eigenvalue weighted by molar-refractivity contribution is 0.223. The zero-order valence-electron chi connectivity index (χ0n) is 17.1. The summed E-state index contributed by atoms with van der Waals surface area (Å²) < 4.78 is 5.85. The van der Waals surface area contributed by atoms with Crippen LogP contribution in [0.1, 0.15) is 40.2 Å². The van der Waals surface area contributed by atoms with E-state index in [1.165, 1.54) is 5.56 Å². The predicted molar refractivity (Wildman–Crippen MR) is 109 cm³/mol. The van der Waals surface area contributed by atoms with Crippen LogP contribution in [0.15, 0.2) is 24.3 Å². The van der Waals surface area contributed by atoms with Gasteiger partial charge in [0.25, 0.3) is 0 Å². The molecule has 1 rings (SSSR count). The van der Waals surface area contributed by atoms with Gasteiger partial charge in [-0.05, 0) is 57.2 Å². The highest BCUT2D eigenvalue weighted by Gasteiger charge is 2.05. The Morgan fingerprint density at radius 1 is 0.880 bits per heavy atom. The summed E-state index contributed by atoms with van der Waals surface area (Å²) in [7, 11) is 0. The van der Waals surface area contributed by atoms with Crippen molar-refractivity contribution in [2.45, 2.75) is 47.1 Å². The third-order valence-corrected chi connectivity index (χ3v) is 4.85. The van der Waals surface area contributed by atoms with Crippen molar-refractivity contribution in [1.29, 1.82) is 0 Å². The van der Waals surface area contributed by atoms with E-state index < -0.39 is 0 Å². The lowest BCUT2D eigenvalue weighted by atomic mass is 10.1. The third-order valence-electron chi connectivity index (χ3n) is 4.85.